The van der Waals surface area contributed by atoms with E-state index >= 15 is 0 Å². The monoisotopic (exact) mass is 275 g/mol. The summed E-state index contributed by atoms with van der Waals surface area (Å²) >= 11 is 0. The number of fused-ring (bicyclic) bond motifs is 1. The summed E-state index contributed by atoms with van der Waals surface area (Å²) < 4.78 is 5.19. The molecule has 0 saturated heterocycles. The topological polar surface area (TPSA) is 65.6 Å². The van der Waals surface area contributed by atoms with Crippen molar-refractivity contribution in [3.05, 3.63) is 65.9 Å². The van der Waals surface area contributed by atoms with E-state index in [9.17, 15) is 5.26 Å². The van der Waals surface area contributed by atoms with Crippen LogP contribution in [0.15, 0.2) is 53.2 Å². The normalized spacial score (nSPS) is 12.1. The molecular weight excluding hydrogens is 262 g/mol. The molecule has 0 aliphatic rings. The molecular formula is C17H13N3O. The molecule has 0 spiro atoms. The third kappa shape index (κ3) is 2.77. The van der Waals surface area contributed by atoms with Crippen molar-refractivity contribution in [1.29, 1.82) is 5.26 Å². The second-order valence-corrected chi connectivity index (χ2v) is 4.67. The number of benzene rings is 1. The van der Waals surface area contributed by atoms with Gasteiger partial charge in [-0.3, -0.25) is 0 Å². The molecule has 0 atom stereocenters. The van der Waals surface area contributed by atoms with Crippen LogP contribution in [0.5, 0.6) is 0 Å². The van der Waals surface area contributed by atoms with E-state index in [1.165, 1.54) is 0 Å². The highest BCUT2D eigenvalue weighted by molar-refractivity contribution is 5.83. The van der Waals surface area contributed by atoms with E-state index in [1.54, 1.807) is 24.5 Å². The predicted octanol–water partition coefficient (Wildman–Crippen LogP) is 4.08. The number of aromatic nitrogens is 2. The van der Waals surface area contributed by atoms with Crippen molar-refractivity contribution in [2.45, 2.75) is 6.92 Å². The maximum absolute atomic E-state index is 9.28. The lowest BCUT2D eigenvalue weighted by molar-refractivity contribution is 0.557. The maximum atomic E-state index is 9.28. The number of furan rings is 1. The molecule has 0 saturated carbocycles. The van der Waals surface area contributed by atoms with E-state index in [1.807, 2.05) is 37.3 Å². The second-order valence-electron chi connectivity index (χ2n) is 4.67. The molecule has 0 amide bonds. The number of nitrogens with zero attached hydrogens (tertiary/aromatic N) is 2. The van der Waals surface area contributed by atoms with Gasteiger partial charge in [0.1, 0.15) is 17.7 Å². The Morgan fingerprint density at radius 2 is 2.29 bits per heavy atom. The lowest BCUT2D eigenvalue weighted by atomic mass is 10.2. The van der Waals surface area contributed by atoms with Gasteiger partial charge in [-0.2, -0.15) is 5.26 Å². The number of aromatic amines is 1. The average molecular weight is 275 g/mol. The van der Waals surface area contributed by atoms with Gasteiger partial charge in [0.25, 0.3) is 0 Å². The van der Waals surface area contributed by atoms with Gasteiger partial charge < -0.3 is 9.40 Å². The fourth-order valence-corrected chi connectivity index (χ4v) is 2.05. The fraction of sp³-hybridized carbons (Fsp3) is 0.0588. The minimum atomic E-state index is 0.478. The molecule has 4 nitrogen and oxygen atoms in total. The fourth-order valence-electron chi connectivity index (χ4n) is 2.05. The summed E-state index contributed by atoms with van der Waals surface area (Å²) in [6.07, 6.45) is 6.89. The molecule has 2 heterocycles. The van der Waals surface area contributed by atoms with Gasteiger partial charge in [0.15, 0.2) is 0 Å². The van der Waals surface area contributed by atoms with Gasteiger partial charge in [0.2, 0.25) is 0 Å². The quantitative estimate of drug-likeness (QED) is 0.578. The summed E-state index contributed by atoms with van der Waals surface area (Å²) in [6, 6.07) is 11.8. The molecule has 0 unspecified atom stereocenters. The lowest BCUT2D eigenvalue weighted by Crippen LogP contribution is -1.83. The average Bonchev–Trinajstić information content (AvgIpc) is 3.12. The van der Waals surface area contributed by atoms with Gasteiger partial charge in [-0.15, -0.1) is 0 Å². The zero-order valence-corrected chi connectivity index (χ0v) is 11.5. The van der Waals surface area contributed by atoms with Crippen molar-refractivity contribution in [3.63, 3.8) is 0 Å². The van der Waals surface area contributed by atoms with E-state index in [4.69, 9.17) is 4.42 Å². The summed E-state index contributed by atoms with van der Waals surface area (Å²) in [5, 5.41) is 9.28. The Hall–Kier alpha value is -3.06. The lowest BCUT2D eigenvalue weighted by Gasteiger charge is -1.90. The Labute approximate surface area is 122 Å². The molecule has 0 fully saturated rings. The van der Waals surface area contributed by atoms with Crippen LogP contribution in [0.3, 0.4) is 0 Å². The second kappa shape index (κ2) is 5.51. The number of hydrogen-bond donors (Lipinski definition) is 1. The van der Waals surface area contributed by atoms with Crippen molar-refractivity contribution >= 4 is 22.7 Å². The first-order valence-electron chi connectivity index (χ1n) is 6.55. The summed E-state index contributed by atoms with van der Waals surface area (Å²) in [5.74, 6) is 1.31. The van der Waals surface area contributed by atoms with Crippen molar-refractivity contribution < 1.29 is 4.42 Å². The number of nitriles is 1. The predicted molar refractivity (Wildman–Crippen MR) is 82.2 cm³/mol. The largest absolute Gasteiger partial charge is 0.465 e. The SMILES string of the molecule is Cc1ccc2nc(/C(C#N)=C\C=C\c3ccco3)[nH]c2c1. The van der Waals surface area contributed by atoms with Crippen LogP contribution in [-0.2, 0) is 0 Å². The van der Waals surface area contributed by atoms with Crippen LogP contribution in [-0.4, -0.2) is 9.97 Å². The third-order valence-electron chi connectivity index (χ3n) is 3.08. The molecule has 3 rings (SSSR count). The van der Waals surface area contributed by atoms with Crippen LogP contribution in [0, 0.1) is 18.3 Å². The van der Waals surface area contributed by atoms with Gasteiger partial charge in [-0.05, 0) is 48.9 Å². The molecule has 0 bridgehead atoms. The number of aryl methyl sites for hydroxylation is 1. The zero-order valence-electron chi connectivity index (χ0n) is 11.5. The first-order chi connectivity index (χ1) is 10.3. The first-order valence-corrected chi connectivity index (χ1v) is 6.55. The van der Waals surface area contributed by atoms with E-state index in [2.05, 4.69) is 16.0 Å². The van der Waals surface area contributed by atoms with E-state index < -0.39 is 0 Å². The van der Waals surface area contributed by atoms with Crippen molar-refractivity contribution in [1.82, 2.24) is 9.97 Å². The van der Waals surface area contributed by atoms with Crippen LogP contribution >= 0.6 is 0 Å². The molecule has 4 heteroatoms. The molecule has 0 radical (unpaired) electrons. The van der Waals surface area contributed by atoms with Crippen molar-refractivity contribution in [3.8, 4) is 6.07 Å². The summed E-state index contributed by atoms with van der Waals surface area (Å²) in [5.41, 5.74) is 3.41. The van der Waals surface area contributed by atoms with Gasteiger partial charge in [-0.25, -0.2) is 4.98 Å². The van der Waals surface area contributed by atoms with Crippen LogP contribution in [0.1, 0.15) is 17.1 Å². The molecule has 3 aromatic rings. The van der Waals surface area contributed by atoms with Crippen molar-refractivity contribution in [2.75, 3.05) is 0 Å². The van der Waals surface area contributed by atoms with Crippen LogP contribution < -0.4 is 0 Å². The Morgan fingerprint density at radius 3 is 3.05 bits per heavy atom. The van der Waals surface area contributed by atoms with Crippen LogP contribution in [0.2, 0.25) is 0 Å². The standard InChI is InChI=1S/C17H13N3O/c1-12-7-8-15-16(10-12)20-17(19-15)13(11-18)4-2-5-14-6-3-9-21-14/h2-10H,1H3,(H,19,20)/b5-2+,13-4-. The summed E-state index contributed by atoms with van der Waals surface area (Å²) in [4.78, 5) is 7.61. The number of rotatable bonds is 3. The van der Waals surface area contributed by atoms with Crippen molar-refractivity contribution in [2.24, 2.45) is 0 Å². The van der Waals surface area contributed by atoms with E-state index in [0.29, 0.717) is 11.4 Å². The van der Waals surface area contributed by atoms with Gasteiger partial charge in [-0.1, -0.05) is 12.1 Å². The van der Waals surface area contributed by atoms with Crippen LogP contribution in [0.4, 0.5) is 0 Å². The van der Waals surface area contributed by atoms with Gasteiger partial charge in [0, 0.05) is 0 Å². The molecule has 0 aliphatic heterocycles. The number of nitrogens with one attached hydrogen (secondary N) is 1. The summed E-state index contributed by atoms with van der Waals surface area (Å²) in [6.45, 7) is 2.02. The number of imidazole rings is 1. The number of allylic oxidation sites excluding steroid dienone is 3. The number of hydrogen-bond acceptors (Lipinski definition) is 3. The highest BCUT2D eigenvalue weighted by atomic mass is 16.3. The molecule has 1 aromatic carbocycles. The molecule has 2 aromatic heterocycles. The maximum Gasteiger partial charge on any atom is 0.149 e. The highest BCUT2D eigenvalue weighted by Gasteiger charge is 2.06. The Balaban J connectivity index is 1.92. The third-order valence-corrected chi connectivity index (χ3v) is 3.08. The molecule has 102 valence electrons. The molecule has 21 heavy (non-hydrogen) atoms. The Bertz CT molecular complexity index is 861. The Morgan fingerprint density at radius 1 is 1.38 bits per heavy atom. The summed E-state index contributed by atoms with van der Waals surface area (Å²) in [7, 11) is 0. The van der Waals surface area contributed by atoms with Gasteiger partial charge in [0.05, 0.1) is 22.9 Å². The van der Waals surface area contributed by atoms with Gasteiger partial charge >= 0.3 is 0 Å². The Kier molecular flexibility index (Phi) is 3.40. The number of H-pyrrole nitrogens is 1. The smallest absolute Gasteiger partial charge is 0.149 e. The minimum Gasteiger partial charge on any atom is -0.465 e. The first kappa shape index (κ1) is 12.9. The molecule has 0 aliphatic carbocycles. The zero-order chi connectivity index (χ0) is 14.7. The van der Waals surface area contributed by atoms with Crippen LogP contribution in [0.25, 0.3) is 22.7 Å². The van der Waals surface area contributed by atoms with E-state index in [0.717, 1.165) is 22.4 Å². The minimum absolute atomic E-state index is 0.478. The molecule has 1 N–H and O–H groups in total. The van der Waals surface area contributed by atoms with E-state index in [-0.39, 0.29) is 0 Å². The highest BCUT2D eigenvalue weighted by Crippen LogP contribution is 2.18.